The molecule has 8 nitrogen and oxygen atoms in total. The van der Waals surface area contributed by atoms with Gasteiger partial charge in [0.15, 0.2) is 0 Å². The number of hydrogen-bond acceptors (Lipinski definition) is 5. The zero-order valence-corrected chi connectivity index (χ0v) is 17.7. The number of nitrogens with one attached hydrogen (secondary N) is 3. The van der Waals surface area contributed by atoms with E-state index in [1.807, 2.05) is 65.8 Å². The molecule has 5 rings (SSSR count). The summed E-state index contributed by atoms with van der Waals surface area (Å²) in [7, 11) is 1.64. The molecule has 8 heteroatoms. The number of ether oxygens (including phenoxy) is 1. The highest BCUT2D eigenvalue weighted by molar-refractivity contribution is 5.98. The van der Waals surface area contributed by atoms with E-state index in [1.165, 1.54) is 0 Å². The number of H-pyrrole nitrogens is 1. The standard InChI is InChI=1S/C24H25N5O3/c1-32-18-7-4-6-16(13-18)20-15-22-24(31)28(11-12-29(22)27-20)10-9-25-23(30)21-14-17-5-2-3-8-19(17)26-21/h2-8,11-14,20,22,26-27H,9-10,15H2,1H3,(H,25,30). The number of carbonyl (C=O) groups is 2. The van der Waals surface area contributed by atoms with Crippen LogP contribution in [-0.2, 0) is 4.79 Å². The Bertz CT molecular complexity index is 1150. The zero-order valence-electron chi connectivity index (χ0n) is 17.7. The van der Waals surface area contributed by atoms with E-state index >= 15 is 0 Å². The lowest BCUT2D eigenvalue weighted by molar-refractivity contribution is -0.134. The topological polar surface area (TPSA) is 89.7 Å². The molecule has 2 aliphatic rings. The van der Waals surface area contributed by atoms with Gasteiger partial charge in [0.1, 0.15) is 17.5 Å². The van der Waals surface area contributed by atoms with Gasteiger partial charge in [-0.1, -0.05) is 30.3 Å². The molecule has 0 bridgehead atoms. The number of methoxy groups -OCH3 is 1. The highest BCUT2D eigenvalue weighted by Crippen LogP contribution is 2.32. The molecule has 164 valence electrons. The van der Waals surface area contributed by atoms with Crippen LogP contribution in [-0.4, -0.2) is 52.9 Å². The molecule has 3 heterocycles. The van der Waals surface area contributed by atoms with E-state index in [0.29, 0.717) is 25.2 Å². The summed E-state index contributed by atoms with van der Waals surface area (Å²) in [5, 5.41) is 5.75. The van der Waals surface area contributed by atoms with Crippen molar-refractivity contribution < 1.29 is 14.3 Å². The van der Waals surface area contributed by atoms with Gasteiger partial charge in [0, 0.05) is 36.4 Å². The summed E-state index contributed by atoms with van der Waals surface area (Å²) in [5.41, 5.74) is 5.91. The third-order valence-corrected chi connectivity index (χ3v) is 5.98. The minimum Gasteiger partial charge on any atom is -0.497 e. The molecule has 1 fully saturated rings. The largest absolute Gasteiger partial charge is 0.497 e. The molecule has 1 saturated heterocycles. The van der Waals surface area contributed by atoms with Crippen molar-refractivity contribution in [2.45, 2.75) is 18.5 Å². The summed E-state index contributed by atoms with van der Waals surface area (Å²) >= 11 is 0. The Hall–Kier alpha value is -3.78. The fraction of sp³-hybridized carbons (Fsp3) is 0.250. The second-order valence-electron chi connectivity index (χ2n) is 7.97. The smallest absolute Gasteiger partial charge is 0.267 e. The molecule has 2 unspecified atom stereocenters. The van der Waals surface area contributed by atoms with Gasteiger partial charge in [-0.2, -0.15) is 0 Å². The van der Waals surface area contributed by atoms with Crippen molar-refractivity contribution in [3.05, 3.63) is 78.3 Å². The van der Waals surface area contributed by atoms with E-state index in [1.54, 1.807) is 18.2 Å². The molecule has 2 aromatic carbocycles. The van der Waals surface area contributed by atoms with Gasteiger partial charge in [-0.05, 0) is 36.2 Å². The minimum atomic E-state index is -0.277. The molecule has 0 radical (unpaired) electrons. The number of aromatic nitrogens is 1. The maximum Gasteiger partial charge on any atom is 0.267 e. The molecule has 0 spiro atoms. The van der Waals surface area contributed by atoms with Gasteiger partial charge in [0.25, 0.3) is 11.8 Å². The summed E-state index contributed by atoms with van der Waals surface area (Å²) in [5.74, 6) is 0.630. The molecular formula is C24H25N5O3. The summed E-state index contributed by atoms with van der Waals surface area (Å²) in [6.07, 6.45) is 4.30. The Morgan fingerprint density at radius 2 is 2.03 bits per heavy atom. The van der Waals surface area contributed by atoms with Crippen molar-refractivity contribution in [2.24, 2.45) is 0 Å². The summed E-state index contributed by atoms with van der Waals surface area (Å²) in [4.78, 5) is 30.3. The lowest BCUT2D eigenvalue weighted by atomic mass is 10.0. The maximum absolute atomic E-state index is 13.0. The average Bonchev–Trinajstić information content (AvgIpc) is 3.45. The van der Waals surface area contributed by atoms with Gasteiger partial charge in [-0.15, -0.1) is 0 Å². The van der Waals surface area contributed by atoms with Crippen LogP contribution in [0.3, 0.4) is 0 Å². The van der Waals surface area contributed by atoms with Crippen LogP contribution >= 0.6 is 0 Å². The van der Waals surface area contributed by atoms with E-state index in [0.717, 1.165) is 22.2 Å². The first-order valence-electron chi connectivity index (χ1n) is 10.7. The first kappa shape index (κ1) is 20.1. The van der Waals surface area contributed by atoms with Gasteiger partial charge in [-0.25, -0.2) is 5.43 Å². The number of fused-ring (bicyclic) bond motifs is 2. The Kier molecular flexibility index (Phi) is 5.28. The first-order valence-corrected chi connectivity index (χ1v) is 10.7. The number of rotatable bonds is 6. The third-order valence-electron chi connectivity index (χ3n) is 5.98. The lowest BCUT2D eigenvalue weighted by Gasteiger charge is -2.31. The Morgan fingerprint density at radius 3 is 2.88 bits per heavy atom. The van der Waals surface area contributed by atoms with Gasteiger partial charge in [-0.3, -0.25) is 9.59 Å². The van der Waals surface area contributed by atoms with Crippen LogP contribution in [0, 0.1) is 0 Å². The van der Waals surface area contributed by atoms with Crippen LogP contribution in [0.1, 0.15) is 28.5 Å². The van der Waals surface area contributed by atoms with Gasteiger partial charge >= 0.3 is 0 Å². The average molecular weight is 431 g/mol. The van der Waals surface area contributed by atoms with Crippen LogP contribution in [0.2, 0.25) is 0 Å². The predicted molar refractivity (Wildman–Crippen MR) is 121 cm³/mol. The fourth-order valence-electron chi connectivity index (χ4n) is 4.28. The first-order chi connectivity index (χ1) is 15.6. The Morgan fingerprint density at radius 1 is 1.16 bits per heavy atom. The number of para-hydroxylation sites is 1. The van der Waals surface area contributed by atoms with Crippen molar-refractivity contribution in [2.75, 3.05) is 20.2 Å². The lowest BCUT2D eigenvalue weighted by Crippen LogP contribution is -2.49. The molecule has 3 N–H and O–H groups in total. The number of hydrogen-bond donors (Lipinski definition) is 3. The Balaban J connectivity index is 1.17. The van der Waals surface area contributed by atoms with Crippen molar-refractivity contribution in [3.8, 4) is 5.75 Å². The number of nitrogens with zero attached hydrogens (tertiary/aromatic N) is 2. The fourth-order valence-corrected chi connectivity index (χ4v) is 4.28. The summed E-state index contributed by atoms with van der Waals surface area (Å²) in [6, 6.07) is 17.2. The van der Waals surface area contributed by atoms with Crippen molar-refractivity contribution in [1.29, 1.82) is 0 Å². The molecule has 0 aliphatic carbocycles. The van der Waals surface area contributed by atoms with E-state index in [9.17, 15) is 9.59 Å². The highest BCUT2D eigenvalue weighted by atomic mass is 16.5. The molecular weight excluding hydrogens is 406 g/mol. The maximum atomic E-state index is 13.0. The van der Waals surface area contributed by atoms with Crippen molar-refractivity contribution in [3.63, 3.8) is 0 Å². The number of aromatic amines is 1. The number of amides is 2. The van der Waals surface area contributed by atoms with E-state index in [2.05, 4.69) is 15.7 Å². The van der Waals surface area contributed by atoms with Gasteiger partial charge < -0.3 is 24.9 Å². The molecule has 3 aromatic rings. The van der Waals surface area contributed by atoms with Crippen molar-refractivity contribution in [1.82, 2.24) is 25.6 Å². The number of benzene rings is 2. The second kappa shape index (κ2) is 8.39. The quantitative estimate of drug-likeness (QED) is 0.558. The van der Waals surface area contributed by atoms with Gasteiger partial charge in [0.05, 0.1) is 13.2 Å². The third kappa shape index (κ3) is 3.80. The Labute approximate surface area is 185 Å². The molecule has 2 amide bonds. The predicted octanol–water partition coefficient (Wildman–Crippen LogP) is 2.54. The SMILES string of the molecule is COc1cccc(C2CC3C(=O)N(CCNC(=O)c4cc5ccccc5[nH]4)C=CN3N2)c1. The molecule has 1 aromatic heterocycles. The van der Waals surface area contributed by atoms with E-state index in [4.69, 9.17) is 4.74 Å². The number of hydrazine groups is 1. The molecule has 2 atom stereocenters. The zero-order chi connectivity index (χ0) is 22.1. The van der Waals surface area contributed by atoms with Crippen molar-refractivity contribution >= 4 is 22.7 Å². The molecule has 32 heavy (non-hydrogen) atoms. The van der Waals surface area contributed by atoms with Gasteiger partial charge in [0.2, 0.25) is 0 Å². The molecule has 2 aliphatic heterocycles. The minimum absolute atomic E-state index is 0.0188. The number of carbonyl (C=O) groups excluding carboxylic acids is 2. The summed E-state index contributed by atoms with van der Waals surface area (Å²) in [6.45, 7) is 0.777. The summed E-state index contributed by atoms with van der Waals surface area (Å²) < 4.78 is 5.32. The van der Waals surface area contributed by atoms with Crippen LogP contribution in [0.5, 0.6) is 5.75 Å². The monoisotopic (exact) mass is 431 g/mol. The molecule has 0 saturated carbocycles. The van der Waals surface area contributed by atoms with Crippen LogP contribution in [0.4, 0.5) is 0 Å². The highest BCUT2D eigenvalue weighted by Gasteiger charge is 2.39. The van der Waals surface area contributed by atoms with Crippen LogP contribution in [0.25, 0.3) is 10.9 Å². The normalized spacial score (nSPS) is 20.0. The van der Waals surface area contributed by atoms with Crippen LogP contribution < -0.4 is 15.5 Å². The van der Waals surface area contributed by atoms with E-state index in [-0.39, 0.29) is 23.9 Å². The second-order valence-corrected chi connectivity index (χ2v) is 7.97. The van der Waals surface area contributed by atoms with Crippen LogP contribution in [0.15, 0.2) is 67.0 Å². The van der Waals surface area contributed by atoms with E-state index < -0.39 is 0 Å².